The number of nitrogens with zero attached hydrogens (tertiary/aromatic N) is 1. The lowest BCUT2D eigenvalue weighted by Crippen LogP contribution is -2.61. The van der Waals surface area contributed by atoms with Gasteiger partial charge in [0.2, 0.25) is 0 Å². The van der Waals surface area contributed by atoms with Crippen LogP contribution in [-0.4, -0.2) is 35.2 Å². The minimum Gasteiger partial charge on any atom is -0.393 e. The van der Waals surface area contributed by atoms with Gasteiger partial charge in [-0.05, 0) is 18.3 Å². The Morgan fingerprint density at radius 2 is 1.82 bits per heavy atom. The predicted octanol–water partition coefficient (Wildman–Crippen LogP) is 0.851. The summed E-state index contributed by atoms with van der Waals surface area (Å²) in [6.45, 7) is 7.06. The standard InChI is InChI=1S/C9H17NO/c1-9(2)5-10(6-9)7-3-8(11)4-7/h7-8,11H,3-6H2,1-2H3. The largest absolute Gasteiger partial charge is 0.393 e. The van der Waals surface area contributed by atoms with Gasteiger partial charge in [-0.2, -0.15) is 0 Å². The third kappa shape index (κ3) is 1.30. The minimum absolute atomic E-state index is 0.00344. The van der Waals surface area contributed by atoms with Gasteiger partial charge in [-0.3, -0.25) is 4.90 Å². The first-order valence-corrected chi connectivity index (χ1v) is 4.49. The van der Waals surface area contributed by atoms with Crippen LogP contribution in [0.1, 0.15) is 26.7 Å². The summed E-state index contributed by atoms with van der Waals surface area (Å²) in [7, 11) is 0. The molecule has 2 aliphatic rings. The molecule has 1 aliphatic carbocycles. The van der Waals surface area contributed by atoms with Crippen molar-refractivity contribution in [3.05, 3.63) is 0 Å². The zero-order valence-corrected chi connectivity index (χ0v) is 7.38. The summed E-state index contributed by atoms with van der Waals surface area (Å²) in [6.07, 6.45) is 2.02. The third-order valence-corrected chi connectivity index (χ3v) is 2.87. The Morgan fingerprint density at radius 3 is 2.18 bits per heavy atom. The average molecular weight is 155 g/mol. The molecule has 0 aromatic carbocycles. The van der Waals surface area contributed by atoms with Crippen LogP contribution >= 0.6 is 0 Å². The van der Waals surface area contributed by atoms with E-state index in [0.717, 1.165) is 12.8 Å². The first-order valence-electron chi connectivity index (χ1n) is 4.49. The molecule has 11 heavy (non-hydrogen) atoms. The Morgan fingerprint density at radius 1 is 1.27 bits per heavy atom. The lowest BCUT2D eigenvalue weighted by atomic mass is 9.78. The zero-order valence-electron chi connectivity index (χ0n) is 7.38. The molecule has 0 atom stereocenters. The van der Waals surface area contributed by atoms with Gasteiger partial charge in [0.05, 0.1) is 6.10 Å². The zero-order chi connectivity index (χ0) is 8.06. The normalized spacial score (nSPS) is 42.8. The molecule has 0 unspecified atom stereocenters. The van der Waals surface area contributed by atoms with Crippen molar-refractivity contribution in [2.24, 2.45) is 5.41 Å². The quantitative estimate of drug-likeness (QED) is 0.607. The minimum atomic E-state index is 0.00344. The Labute approximate surface area is 68.2 Å². The highest BCUT2D eigenvalue weighted by Gasteiger charge is 2.42. The topological polar surface area (TPSA) is 23.5 Å². The molecule has 2 heteroatoms. The van der Waals surface area contributed by atoms with Gasteiger partial charge in [0, 0.05) is 19.1 Å². The highest BCUT2D eigenvalue weighted by Crippen LogP contribution is 2.36. The van der Waals surface area contributed by atoms with E-state index in [1.54, 1.807) is 0 Å². The van der Waals surface area contributed by atoms with E-state index in [1.165, 1.54) is 13.1 Å². The molecule has 0 amide bonds. The van der Waals surface area contributed by atoms with Crippen LogP contribution in [0.3, 0.4) is 0 Å². The molecule has 1 N–H and O–H groups in total. The van der Waals surface area contributed by atoms with Gasteiger partial charge >= 0.3 is 0 Å². The van der Waals surface area contributed by atoms with E-state index in [-0.39, 0.29) is 6.10 Å². The summed E-state index contributed by atoms with van der Waals surface area (Å²) in [4.78, 5) is 2.49. The Kier molecular flexibility index (Phi) is 1.52. The Hall–Kier alpha value is -0.0800. The Bertz CT molecular complexity index is 153. The van der Waals surface area contributed by atoms with Gasteiger partial charge < -0.3 is 5.11 Å². The van der Waals surface area contributed by atoms with Crippen molar-refractivity contribution >= 4 is 0 Å². The lowest BCUT2D eigenvalue weighted by Gasteiger charge is -2.53. The molecule has 2 nitrogen and oxygen atoms in total. The molecular weight excluding hydrogens is 138 g/mol. The van der Waals surface area contributed by atoms with Gasteiger partial charge in [0.25, 0.3) is 0 Å². The average Bonchev–Trinajstić information content (AvgIpc) is 1.75. The molecule has 0 spiro atoms. The number of aliphatic hydroxyl groups excluding tert-OH is 1. The van der Waals surface area contributed by atoms with Crippen LogP contribution in [0.15, 0.2) is 0 Å². The fourth-order valence-electron chi connectivity index (χ4n) is 2.17. The maximum atomic E-state index is 9.09. The van der Waals surface area contributed by atoms with E-state index in [9.17, 15) is 0 Å². The molecule has 2 fully saturated rings. The van der Waals surface area contributed by atoms with Gasteiger partial charge in [0.1, 0.15) is 0 Å². The molecule has 2 rings (SSSR count). The molecule has 1 saturated carbocycles. The second-order valence-electron chi connectivity index (χ2n) is 4.85. The fraction of sp³-hybridized carbons (Fsp3) is 1.00. The molecular formula is C9H17NO. The number of likely N-dealkylation sites (tertiary alicyclic amines) is 1. The van der Waals surface area contributed by atoms with Crippen molar-refractivity contribution in [1.82, 2.24) is 4.90 Å². The number of hydrogen-bond acceptors (Lipinski definition) is 2. The number of rotatable bonds is 1. The van der Waals surface area contributed by atoms with Crippen LogP contribution in [0.5, 0.6) is 0 Å². The van der Waals surface area contributed by atoms with Crippen molar-refractivity contribution < 1.29 is 5.11 Å². The van der Waals surface area contributed by atoms with Crippen LogP contribution in [0.4, 0.5) is 0 Å². The second-order valence-corrected chi connectivity index (χ2v) is 4.85. The van der Waals surface area contributed by atoms with Crippen LogP contribution in [0, 0.1) is 5.41 Å². The highest BCUT2D eigenvalue weighted by atomic mass is 16.3. The Balaban J connectivity index is 1.76. The van der Waals surface area contributed by atoms with Crippen LogP contribution in [-0.2, 0) is 0 Å². The molecule has 1 saturated heterocycles. The number of aliphatic hydroxyl groups is 1. The first-order chi connectivity index (χ1) is 5.07. The van der Waals surface area contributed by atoms with E-state index in [2.05, 4.69) is 18.7 Å². The highest BCUT2D eigenvalue weighted by molar-refractivity contribution is 4.96. The summed E-state index contributed by atoms with van der Waals surface area (Å²) in [5.41, 5.74) is 0.542. The third-order valence-electron chi connectivity index (χ3n) is 2.87. The van der Waals surface area contributed by atoms with Crippen molar-refractivity contribution in [1.29, 1.82) is 0 Å². The molecule has 64 valence electrons. The van der Waals surface area contributed by atoms with E-state index in [4.69, 9.17) is 5.11 Å². The fourth-order valence-corrected chi connectivity index (χ4v) is 2.17. The maximum absolute atomic E-state index is 9.09. The molecule has 0 aromatic rings. The van der Waals surface area contributed by atoms with E-state index in [1.807, 2.05) is 0 Å². The van der Waals surface area contributed by atoms with Crippen LogP contribution in [0.2, 0.25) is 0 Å². The van der Waals surface area contributed by atoms with Gasteiger partial charge in [-0.25, -0.2) is 0 Å². The SMILES string of the molecule is CC1(C)CN(C2CC(O)C2)C1. The van der Waals surface area contributed by atoms with Crippen molar-refractivity contribution in [2.75, 3.05) is 13.1 Å². The van der Waals surface area contributed by atoms with Crippen molar-refractivity contribution in [3.63, 3.8) is 0 Å². The molecule has 1 aliphatic heterocycles. The van der Waals surface area contributed by atoms with E-state index >= 15 is 0 Å². The maximum Gasteiger partial charge on any atom is 0.0570 e. The first kappa shape index (κ1) is 7.56. The summed E-state index contributed by atoms with van der Waals surface area (Å²) in [5.74, 6) is 0. The lowest BCUT2D eigenvalue weighted by molar-refractivity contribution is -0.0757. The van der Waals surface area contributed by atoms with Crippen LogP contribution < -0.4 is 0 Å². The summed E-state index contributed by atoms with van der Waals surface area (Å²) in [5, 5.41) is 9.09. The summed E-state index contributed by atoms with van der Waals surface area (Å²) >= 11 is 0. The predicted molar refractivity (Wildman–Crippen MR) is 44.4 cm³/mol. The summed E-state index contributed by atoms with van der Waals surface area (Å²) < 4.78 is 0. The smallest absolute Gasteiger partial charge is 0.0570 e. The monoisotopic (exact) mass is 155 g/mol. The second kappa shape index (κ2) is 2.20. The molecule has 0 radical (unpaired) electrons. The van der Waals surface area contributed by atoms with Crippen molar-refractivity contribution in [3.8, 4) is 0 Å². The molecule has 0 aromatic heterocycles. The molecule has 0 bridgehead atoms. The van der Waals surface area contributed by atoms with Gasteiger partial charge in [0.15, 0.2) is 0 Å². The van der Waals surface area contributed by atoms with Crippen molar-refractivity contribution in [2.45, 2.75) is 38.8 Å². The van der Waals surface area contributed by atoms with E-state index in [0.29, 0.717) is 11.5 Å². The van der Waals surface area contributed by atoms with Gasteiger partial charge in [-0.1, -0.05) is 13.8 Å². The molecule has 1 heterocycles. The summed E-state index contributed by atoms with van der Waals surface area (Å²) in [6, 6.07) is 0.707. The van der Waals surface area contributed by atoms with Gasteiger partial charge in [-0.15, -0.1) is 0 Å². The van der Waals surface area contributed by atoms with E-state index < -0.39 is 0 Å². The number of hydrogen-bond donors (Lipinski definition) is 1. The van der Waals surface area contributed by atoms with Crippen LogP contribution in [0.25, 0.3) is 0 Å².